The van der Waals surface area contributed by atoms with Crippen molar-refractivity contribution in [3.05, 3.63) is 83.8 Å². The second-order valence-electron chi connectivity index (χ2n) is 8.60. The summed E-state index contributed by atoms with van der Waals surface area (Å²) < 4.78 is 19.0. The summed E-state index contributed by atoms with van der Waals surface area (Å²) in [4.78, 5) is 45.2. The minimum Gasteiger partial charge on any atom is -0.464 e. The predicted molar refractivity (Wildman–Crippen MR) is 126 cm³/mol. The number of benzene rings is 1. The summed E-state index contributed by atoms with van der Waals surface area (Å²) in [5.41, 5.74) is 0.893. The molecule has 0 bridgehead atoms. The van der Waals surface area contributed by atoms with Gasteiger partial charge < -0.3 is 20.0 Å². The third-order valence-electron chi connectivity index (χ3n) is 5.93. The zero-order chi connectivity index (χ0) is 24.8. The Bertz CT molecular complexity index is 1170. The molecule has 1 aliphatic carbocycles. The lowest BCUT2D eigenvalue weighted by Crippen LogP contribution is -2.48. The number of hydrogen-bond donors (Lipinski definition) is 2. The van der Waals surface area contributed by atoms with E-state index in [0.29, 0.717) is 11.3 Å². The molecule has 4 rings (SSSR count). The number of carbonyl (C=O) groups is 3. The molecular formula is C26H27FN4O4. The Hall–Kier alpha value is -4.01. The first-order chi connectivity index (χ1) is 16.9. The molecule has 0 spiro atoms. The molecule has 1 aliphatic rings. The SMILES string of the molecule is Cc1ccc(C(C(=O)NC2CCCC2)N(Cc2cccnc2)C(=O)C(=O)Nc2ccc(F)cc2)o1. The van der Waals surface area contributed by atoms with Crippen LogP contribution < -0.4 is 10.6 Å². The maximum absolute atomic E-state index is 13.5. The molecule has 1 atom stereocenters. The summed E-state index contributed by atoms with van der Waals surface area (Å²) in [5, 5.41) is 5.50. The van der Waals surface area contributed by atoms with Gasteiger partial charge in [0, 0.05) is 30.7 Å². The van der Waals surface area contributed by atoms with Gasteiger partial charge in [0.15, 0.2) is 6.04 Å². The molecule has 0 radical (unpaired) electrons. The fourth-order valence-electron chi connectivity index (χ4n) is 4.19. The number of halogens is 1. The number of carbonyl (C=O) groups excluding carboxylic acids is 3. The fraction of sp³-hybridized carbons (Fsp3) is 0.308. The molecule has 2 N–H and O–H groups in total. The van der Waals surface area contributed by atoms with Gasteiger partial charge in [-0.25, -0.2) is 4.39 Å². The highest BCUT2D eigenvalue weighted by Crippen LogP contribution is 2.27. The highest BCUT2D eigenvalue weighted by molar-refractivity contribution is 6.39. The number of amides is 3. The van der Waals surface area contributed by atoms with Crippen LogP contribution in [0.25, 0.3) is 0 Å². The minimum atomic E-state index is -1.17. The van der Waals surface area contributed by atoms with E-state index in [1.165, 1.54) is 29.2 Å². The average Bonchev–Trinajstić information content (AvgIpc) is 3.52. The van der Waals surface area contributed by atoms with Crippen LogP contribution in [-0.4, -0.2) is 33.6 Å². The Morgan fingerprint density at radius 1 is 1.11 bits per heavy atom. The van der Waals surface area contributed by atoms with Crippen molar-refractivity contribution in [3.8, 4) is 0 Å². The number of aryl methyl sites for hydroxylation is 1. The third-order valence-corrected chi connectivity index (χ3v) is 5.93. The Morgan fingerprint density at radius 2 is 1.86 bits per heavy atom. The normalized spacial score (nSPS) is 14.3. The largest absolute Gasteiger partial charge is 0.464 e. The number of nitrogens with zero attached hydrogens (tertiary/aromatic N) is 2. The minimum absolute atomic E-state index is 0.00412. The second-order valence-corrected chi connectivity index (χ2v) is 8.60. The molecule has 35 heavy (non-hydrogen) atoms. The molecule has 2 heterocycles. The van der Waals surface area contributed by atoms with Gasteiger partial charge in [0.05, 0.1) is 0 Å². The number of aromatic nitrogens is 1. The van der Waals surface area contributed by atoms with Crippen LogP contribution in [0, 0.1) is 12.7 Å². The second kappa shape index (κ2) is 10.9. The molecule has 182 valence electrons. The van der Waals surface area contributed by atoms with E-state index < -0.39 is 29.6 Å². The van der Waals surface area contributed by atoms with Crippen molar-refractivity contribution < 1.29 is 23.2 Å². The van der Waals surface area contributed by atoms with Gasteiger partial charge in [-0.2, -0.15) is 0 Å². The number of hydrogen-bond acceptors (Lipinski definition) is 5. The summed E-state index contributed by atoms with van der Waals surface area (Å²) in [6, 6.07) is 10.7. The van der Waals surface area contributed by atoms with Crippen molar-refractivity contribution in [1.82, 2.24) is 15.2 Å². The molecule has 9 heteroatoms. The average molecular weight is 479 g/mol. The van der Waals surface area contributed by atoms with Crippen molar-refractivity contribution in [2.45, 2.75) is 51.2 Å². The summed E-state index contributed by atoms with van der Waals surface area (Å²) in [6.45, 7) is 1.69. The Labute approximate surface area is 202 Å². The van der Waals surface area contributed by atoms with E-state index >= 15 is 0 Å². The topological polar surface area (TPSA) is 105 Å². The molecule has 3 amide bonds. The lowest BCUT2D eigenvalue weighted by atomic mass is 10.1. The third kappa shape index (κ3) is 6.11. The van der Waals surface area contributed by atoms with Gasteiger partial charge in [0.25, 0.3) is 5.91 Å². The van der Waals surface area contributed by atoms with E-state index in [4.69, 9.17) is 4.42 Å². The Kier molecular flexibility index (Phi) is 7.54. The van der Waals surface area contributed by atoms with Crippen molar-refractivity contribution in [1.29, 1.82) is 0 Å². The molecule has 0 aliphatic heterocycles. The molecule has 1 unspecified atom stereocenters. The monoisotopic (exact) mass is 478 g/mol. The van der Waals surface area contributed by atoms with E-state index in [-0.39, 0.29) is 24.0 Å². The molecular weight excluding hydrogens is 451 g/mol. The first kappa shape index (κ1) is 24.1. The lowest BCUT2D eigenvalue weighted by Gasteiger charge is -2.30. The highest BCUT2D eigenvalue weighted by Gasteiger charge is 2.38. The molecule has 1 aromatic carbocycles. The molecule has 0 saturated heterocycles. The predicted octanol–water partition coefficient (Wildman–Crippen LogP) is 3.89. The van der Waals surface area contributed by atoms with Crippen LogP contribution in [0.5, 0.6) is 0 Å². The van der Waals surface area contributed by atoms with Gasteiger partial charge in [-0.05, 0) is 67.8 Å². The van der Waals surface area contributed by atoms with Gasteiger partial charge in [0.1, 0.15) is 17.3 Å². The van der Waals surface area contributed by atoms with Crippen molar-refractivity contribution in [3.63, 3.8) is 0 Å². The van der Waals surface area contributed by atoms with Crippen LogP contribution in [0.2, 0.25) is 0 Å². The van der Waals surface area contributed by atoms with Gasteiger partial charge >= 0.3 is 11.8 Å². The quantitative estimate of drug-likeness (QED) is 0.502. The highest BCUT2D eigenvalue weighted by atomic mass is 19.1. The summed E-state index contributed by atoms with van der Waals surface area (Å²) in [5.74, 6) is -1.95. The van der Waals surface area contributed by atoms with Crippen molar-refractivity contribution in [2.75, 3.05) is 5.32 Å². The molecule has 8 nitrogen and oxygen atoms in total. The van der Waals surface area contributed by atoms with E-state index in [2.05, 4.69) is 15.6 Å². The van der Waals surface area contributed by atoms with Gasteiger partial charge in [-0.15, -0.1) is 0 Å². The van der Waals surface area contributed by atoms with Crippen LogP contribution in [0.1, 0.15) is 48.8 Å². The van der Waals surface area contributed by atoms with Crippen LogP contribution in [0.4, 0.5) is 10.1 Å². The Balaban J connectivity index is 1.66. The maximum Gasteiger partial charge on any atom is 0.313 e. The first-order valence-electron chi connectivity index (χ1n) is 11.5. The number of furan rings is 1. The van der Waals surface area contributed by atoms with E-state index in [1.54, 1.807) is 43.6 Å². The molecule has 1 saturated carbocycles. The fourth-order valence-corrected chi connectivity index (χ4v) is 4.19. The van der Waals surface area contributed by atoms with Crippen molar-refractivity contribution >= 4 is 23.4 Å². The van der Waals surface area contributed by atoms with Crippen LogP contribution >= 0.6 is 0 Å². The zero-order valence-corrected chi connectivity index (χ0v) is 19.4. The first-order valence-corrected chi connectivity index (χ1v) is 11.5. The Morgan fingerprint density at radius 3 is 2.49 bits per heavy atom. The number of rotatable bonds is 7. The number of anilines is 1. The van der Waals surface area contributed by atoms with Gasteiger partial charge in [0.2, 0.25) is 0 Å². The molecule has 1 fully saturated rings. The summed E-state index contributed by atoms with van der Waals surface area (Å²) in [7, 11) is 0. The van der Waals surface area contributed by atoms with Gasteiger partial charge in [-0.3, -0.25) is 19.4 Å². The molecule has 3 aromatic rings. The summed E-state index contributed by atoms with van der Waals surface area (Å²) in [6.07, 6.45) is 6.92. The van der Waals surface area contributed by atoms with Crippen LogP contribution in [-0.2, 0) is 20.9 Å². The van der Waals surface area contributed by atoms with E-state index in [1.807, 2.05) is 0 Å². The van der Waals surface area contributed by atoms with Crippen molar-refractivity contribution in [2.24, 2.45) is 0 Å². The summed E-state index contributed by atoms with van der Waals surface area (Å²) >= 11 is 0. The van der Waals surface area contributed by atoms with Crippen LogP contribution in [0.3, 0.4) is 0 Å². The number of pyridine rings is 1. The van der Waals surface area contributed by atoms with Gasteiger partial charge in [-0.1, -0.05) is 18.9 Å². The standard InChI is InChI=1S/C26H27FN4O4/c1-17-8-13-22(35-17)23(24(32)29-20-6-2-3-7-20)31(16-18-5-4-14-28-15-18)26(34)25(33)30-21-11-9-19(27)10-12-21/h4-5,8-15,20,23H,2-3,6-7,16H2,1H3,(H,29,32)(H,30,33). The van der Waals surface area contributed by atoms with E-state index in [0.717, 1.165) is 25.7 Å². The maximum atomic E-state index is 13.5. The zero-order valence-electron chi connectivity index (χ0n) is 19.4. The number of nitrogens with one attached hydrogen (secondary N) is 2. The van der Waals surface area contributed by atoms with E-state index in [9.17, 15) is 18.8 Å². The lowest BCUT2D eigenvalue weighted by molar-refractivity contribution is -0.149. The van der Waals surface area contributed by atoms with Crippen LogP contribution in [0.15, 0.2) is 65.3 Å². The smallest absolute Gasteiger partial charge is 0.313 e. The molecule has 2 aromatic heterocycles.